The van der Waals surface area contributed by atoms with Crippen molar-refractivity contribution in [2.24, 2.45) is 0 Å². The van der Waals surface area contributed by atoms with E-state index in [2.05, 4.69) is 13.0 Å². The number of aliphatic carboxylic acids is 1. The molecule has 1 N–H and O–H groups in total. The van der Waals surface area contributed by atoms with Crippen molar-refractivity contribution >= 4 is 5.97 Å². The second kappa shape index (κ2) is 23.0. The highest BCUT2D eigenvalue weighted by molar-refractivity contribution is 5.66. The van der Waals surface area contributed by atoms with E-state index in [4.69, 9.17) is 5.11 Å². The van der Waals surface area contributed by atoms with E-state index in [1.807, 2.05) is 18.2 Å². The van der Waals surface area contributed by atoms with Crippen molar-refractivity contribution in [2.75, 3.05) is 0 Å². The molecule has 0 fully saturated rings. The fraction of sp³-hybridized carbons (Fsp3) is 0.800. The highest BCUT2D eigenvalue weighted by Gasteiger charge is 1.94. The van der Waals surface area contributed by atoms with Crippen LogP contribution in [0.3, 0.4) is 0 Å². The van der Waals surface area contributed by atoms with E-state index in [0.717, 1.165) is 6.42 Å². The number of hydrogen-bond donors (Lipinski definition) is 1. The quantitative estimate of drug-likeness (QED) is 0.160. The maximum absolute atomic E-state index is 10.4. The summed E-state index contributed by atoms with van der Waals surface area (Å²) in [6.07, 6.45) is 32.7. The number of carboxylic acid groups (broad SMARTS) is 1. The van der Waals surface area contributed by atoms with Crippen LogP contribution in [0, 0.1) is 0 Å². The Morgan fingerprint density at radius 2 is 0.963 bits per heavy atom. The predicted molar refractivity (Wildman–Crippen MR) is 119 cm³/mol. The van der Waals surface area contributed by atoms with Crippen LogP contribution >= 0.6 is 0 Å². The monoisotopic (exact) mass is 378 g/mol. The Labute approximate surface area is 169 Å². The normalized spacial score (nSPS) is 11.7. The van der Waals surface area contributed by atoms with Gasteiger partial charge in [0, 0.05) is 6.42 Å². The van der Waals surface area contributed by atoms with E-state index in [0.29, 0.717) is 6.42 Å². The molecule has 0 amide bonds. The van der Waals surface area contributed by atoms with Gasteiger partial charge in [0.1, 0.15) is 0 Å². The molecule has 0 saturated carbocycles. The van der Waals surface area contributed by atoms with Crippen LogP contribution in [0.4, 0.5) is 0 Å². The van der Waals surface area contributed by atoms with Crippen molar-refractivity contribution in [3.63, 3.8) is 0 Å². The Hall–Kier alpha value is -1.05. The Balaban J connectivity index is 3.11. The molecule has 0 aliphatic carbocycles. The first-order chi connectivity index (χ1) is 13.3. The van der Waals surface area contributed by atoms with E-state index < -0.39 is 5.97 Å². The summed E-state index contributed by atoms with van der Waals surface area (Å²) < 4.78 is 0. The Morgan fingerprint density at radius 1 is 0.593 bits per heavy atom. The van der Waals surface area contributed by atoms with E-state index in [-0.39, 0.29) is 6.42 Å². The first kappa shape index (κ1) is 26.0. The summed E-state index contributed by atoms with van der Waals surface area (Å²) in [4.78, 5) is 10.4. The summed E-state index contributed by atoms with van der Waals surface area (Å²) in [5.41, 5.74) is 0. The van der Waals surface area contributed by atoms with Gasteiger partial charge in [-0.05, 0) is 19.3 Å². The third kappa shape index (κ3) is 24.9. The summed E-state index contributed by atoms with van der Waals surface area (Å²) in [5, 5.41) is 8.53. The highest BCUT2D eigenvalue weighted by Crippen LogP contribution is 2.14. The molecule has 158 valence electrons. The molecule has 0 spiro atoms. The third-order valence-electron chi connectivity index (χ3n) is 5.13. The van der Waals surface area contributed by atoms with Gasteiger partial charge in [-0.1, -0.05) is 128 Å². The topological polar surface area (TPSA) is 37.3 Å². The molecule has 2 heteroatoms. The fourth-order valence-corrected chi connectivity index (χ4v) is 3.37. The molecule has 0 rings (SSSR count). The molecule has 0 radical (unpaired) electrons. The molecule has 0 aromatic carbocycles. The third-order valence-corrected chi connectivity index (χ3v) is 5.13. The van der Waals surface area contributed by atoms with Gasteiger partial charge in [0.15, 0.2) is 0 Å². The minimum Gasteiger partial charge on any atom is -0.481 e. The Kier molecular flexibility index (Phi) is 22.1. The van der Waals surface area contributed by atoms with Crippen LogP contribution in [0.1, 0.15) is 129 Å². The van der Waals surface area contributed by atoms with Gasteiger partial charge in [-0.15, -0.1) is 0 Å². The van der Waals surface area contributed by atoms with Crippen molar-refractivity contribution in [1.29, 1.82) is 0 Å². The summed E-state index contributed by atoms with van der Waals surface area (Å²) in [7, 11) is 0. The van der Waals surface area contributed by atoms with Crippen LogP contribution in [0.5, 0.6) is 0 Å². The van der Waals surface area contributed by atoms with E-state index >= 15 is 0 Å². The van der Waals surface area contributed by atoms with Crippen LogP contribution in [0.2, 0.25) is 0 Å². The van der Waals surface area contributed by atoms with Crippen molar-refractivity contribution in [2.45, 2.75) is 129 Å². The lowest BCUT2D eigenvalue weighted by Gasteiger charge is -2.03. The molecule has 0 aromatic heterocycles. The smallest absolute Gasteiger partial charge is 0.303 e. The van der Waals surface area contributed by atoms with Crippen molar-refractivity contribution < 1.29 is 9.90 Å². The second-order valence-electron chi connectivity index (χ2n) is 7.88. The summed E-state index contributed by atoms with van der Waals surface area (Å²) in [6.45, 7) is 2.28. The molecule has 2 nitrogen and oxygen atoms in total. The van der Waals surface area contributed by atoms with Crippen LogP contribution < -0.4 is 0 Å². The average Bonchev–Trinajstić information content (AvgIpc) is 2.65. The Bertz CT molecular complexity index is 357. The summed E-state index contributed by atoms with van der Waals surface area (Å²) in [5.74, 6) is -0.725. The predicted octanol–water partition coefficient (Wildman–Crippen LogP) is 8.62. The highest BCUT2D eigenvalue weighted by atomic mass is 16.4. The minimum atomic E-state index is -0.725. The number of unbranched alkanes of at least 4 members (excludes halogenated alkanes) is 16. The van der Waals surface area contributed by atoms with Gasteiger partial charge < -0.3 is 5.11 Å². The lowest BCUT2D eigenvalue weighted by molar-refractivity contribution is -0.136. The van der Waals surface area contributed by atoms with Crippen LogP contribution in [0.15, 0.2) is 24.3 Å². The average molecular weight is 379 g/mol. The number of carboxylic acids is 1. The van der Waals surface area contributed by atoms with E-state index in [1.54, 1.807) is 0 Å². The van der Waals surface area contributed by atoms with Gasteiger partial charge in [-0.25, -0.2) is 0 Å². The lowest BCUT2D eigenvalue weighted by Crippen LogP contribution is -1.91. The van der Waals surface area contributed by atoms with Gasteiger partial charge in [-0.3, -0.25) is 4.79 Å². The standard InChI is InChI=1S/C25H46O2/c1-2-3-4-5-6-7-8-9-10-11-12-13-14-15-16-17-18-19-20-21-22-23-24-25(26)27/h19-22H,2-18,23-24H2,1H3,(H,26,27)/b20-19+,22-21+. The first-order valence-corrected chi connectivity index (χ1v) is 11.8. The minimum absolute atomic E-state index is 0.226. The molecular weight excluding hydrogens is 332 g/mol. The largest absolute Gasteiger partial charge is 0.481 e. The molecule has 0 aromatic rings. The van der Waals surface area contributed by atoms with Gasteiger partial charge >= 0.3 is 5.97 Å². The molecule has 0 aliphatic heterocycles. The zero-order valence-electron chi connectivity index (χ0n) is 18.1. The lowest BCUT2D eigenvalue weighted by atomic mass is 10.0. The molecule has 0 atom stereocenters. The maximum atomic E-state index is 10.4. The van der Waals surface area contributed by atoms with Crippen LogP contribution in [0.25, 0.3) is 0 Å². The number of hydrogen-bond acceptors (Lipinski definition) is 1. The fourth-order valence-electron chi connectivity index (χ4n) is 3.37. The van der Waals surface area contributed by atoms with E-state index in [1.165, 1.54) is 103 Å². The number of carbonyl (C=O) groups is 1. The first-order valence-electron chi connectivity index (χ1n) is 11.8. The zero-order valence-corrected chi connectivity index (χ0v) is 18.1. The van der Waals surface area contributed by atoms with Crippen molar-refractivity contribution in [3.8, 4) is 0 Å². The van der Waals surface area contributed by atoms with Crippen LogP contribution in [-0.2, 0) is 4.79 Å². The zero-order chi connectivity index (χ0) is 19.8. The molecule has 0 saturated heterocycles. The summed E-state index contributed by atoms with van der Waals surface area (Å²) in [6, 6.07) is 0. The van der Waals surface area contributed by atoms with Crippen LogP contribution in [-0.4, -0.2) is 11.1 Å². The summed E-state index contributed by atoms with van der Waals surface area (Å²) >= 11 is 0. The molecule has 0 unspecified atom stereocenters. The van der Waals surface area contributed by atoms with Crippen molar-refractivity contribution in [3.05, 3.63) is 24.3 Å². The van der Waals surface area contributed by atoms with Gasteiger partial charge in [0.25, 0.3) is 0 Å². The molecule has 0 bridgehead atoms. The molecule has 0 heterocycles. The molecule has 27 heavy (non-hydrogen) atoms. The van der Waals surface area contributed by atoms with E-state index in [9.17, 15) is 4.79 Å². The number of allylic oxidation sites excluding steroid dienone is 4. The van der Waals surface area contributed by atoms with Crippen molar-refractivity contribution in [1.82, 2.24) is 0 Å². The van der Waals surface area contributed by atoms with Gasteiger partial charge in [-0.2, -0.15) is 0 Å². The molecule has 0 aliphatic rings. The second-order valence-corrected chi connectivity index (χ2v) is 7.88. The SMILES string of the molecule is CCCCCCCCCCCCCCCCCC/C=C/C=C/CCC(=O)O. The Morgan fingerprint density at radius 3 is 1.37 bits per heavy atom. The molecular formula is C25H46O2. The van der Waals surface area contributed by atoms with Gasteiger partial charge in [0.05, 0.1) is 0 Å². The number of rotatable bonds is 21. The maximum Gasteiger partial charge on any atom is 0.303 e. The van der Waals surface area contributed by atoms with Gasteiger partial charge in [0.2, 0.25) is 0 Å².